The molecule has 0 aliphatic rings. The maximum Gasteiger partial charge on any atom is 0.418 e. The molecule has 0 bridgehead atoms. The van der Waals surface area contributed by atoms with Gasteiger partial charge in [0.2, 0.25) is 10.0 Å². The van der Waals surface area contributed by atoms with Gasteiger partial charge in [-0.3, -0.25) is 4.79 Å². The maximum atomic E-state index is 13.2. The topological polar surface area (TPSA) is 97.2 Å². The van der Waals surface area contributed by atoms with Crippen molar-refractivity contribution in [2.45, 2.75) is 31.0 Å². The Morgan fingerprint density at radius 3 is 2.31 bits per heavy atom. The van der Waals surface area contributed by atoms with Crippen LogP contribution < -0.4 is 5.32 Å². The van der Waals surface area contributed by atoms with Crippen molar-refractivity contribution in [3.8, 4) is 5.69 Å². The summed E-state index contributed by atoms with van der Waals surface area (Å²) in [6.07, 6.45) is -3.52. The number of carbonyl (C=O) groups is 1. The Labute approximate surface area is 182 Å². The number of nitrogens with one attached hydrogen (secondary N) is 1. The van der Waals surface area contributed by atoms with Gasteiger partial charge in [0.15, 0.2) is 5.69 Å². The van der Waals surface area contributed by atoms with E-state index in [0.717, 1.165) is 16.9 Å². The highest BCUT2D eigenvalue weighted by Crippen LogP contribution is 2.33. The van der Waals surface area contributed by atoms with Crippen molar-refractivity contribution in [2.24, 2.45) is 0 Å². The minimum atomic E-state index is -4.60. The molecule has 0 aliphatic heterocycles. The molecule has 0 saturated carbocycles. The number of hydrogen-bond acceptors (Lipinski definition) is 5. The lowest BCUT2D eigenvalue weighted by molar-refractivity contribution is -0.137. The zero-order valence-corrected chi connectivity index (χ0v) is 18.1. The zero-order valence-electron chi connectivity index (χ0n) is 17.3. The Balaban J connectivity index is 1.78. The number of sulfonamides is 1. The van der Waals surface area contributed by atoms with Crippen molar-refractivity contribution in [3.63, 3.8) is 0 Å². The molecule has 32 heavy (non-hydrogen) atoms. The number of rotatable bonds is 6. The SMILES string of the molecule is CC(C)N(C)S(=O)(=O)c1ccc(NC(=O)c2cn(-c3ccccc3C(F)(F)F)nn2)cc1. The molecule has 1 amide bonds. The average molecular weight is 467 g/mol. The molecule has 170 valence electrons. The van der Waals surface area contributed by atoms with Crippen LogP contribution in [0.25, 0.3) is 5.69 Å². The molecule has 0 radical (unpaired) electrons. The van der Waals surface area contributed by atoms with E-state index in [9.17, 15) is 26.4 Å². The van der Waals surface area contributed by atoms with Crippen LogP contribution in [-0.4, -0.2) is 46.7 Å². The number of carbonyl (C=O) groups excluding carboxylic acids is 1. The summed E-state index contributed by atoms with van der Waals surface area (Å²) in [5.74, 6) is -0.712. The summed E-state index contributed by atoms with van der Waals surface area (Å²) in [7, 11) is -2.21. The van der Waals surface area contributed by atoms with E-state index in [-0.39, 0.29) is 28.0 Å². The molecule has 0 aliphatic carbocycles. The number of halogens is 3. The Bertz CT molecular complexity index is 1220. The first-order chi connectivity index (χ1) is 14.9. The van der Waals surface area contributed by atoms with E-state index in [2.05, 4.69) is 15.6 Å². The summed E-state index contributed by atoms with van der Waals surface area (Å²) >= 11 is 0. The molecule has 0 unspecified atom stereocenters. The third kappa shape index (κ3) is 4.81. The molecule has 0 spiro atoms. The second kappa shape index (κ2) is 8.71. The Kier molecular flexibility index (Phi) is 6.37. The van der Waals surface area contributed by atoms with Crippen LogP contribution >= 0.6 is 0 Å². The van der Waals surface area contributed by atoms with Crippen molar-refractivity contribution in [1.29, 1.82) is 0 Å². The highest BCUT2D eigenvalue weighted by atomic mass is 32.2. The summed E-state index contributed by atoms with van der Waals surface area (Å²) < 4.78 is 66.7. The first-order valence-electron chi connectivity index (χ1n) is 9.39. The van der Waals surface area contributed by atoms with Gasteiger partial charge >= 0.3 is 6.18 Å². The fourth-order valence-electron chi connectivity index (χ4n) is 2.75. The lowest BCUT2D eigenvalue weighted by Crippen LogP contribution is -2.33. The predicted octanol–water partition coefficient (Wildman–Crippen LogP) is 3.57. The minimum Gasteiger partial charge on any atom is -0.321 e. The molecule has 1 aromatic heterocycles. The lowest BCUT2D eigenvalue weighted by atomic mass is 10.1. The van der Waals surface area contributed by atoms with Crippen molar-refractivity contribution in [1.82, 2.24) is 19.3 Å². The number of benzene rings is 2. The Morgan fingerprint density at radius 1 is 1.09 bits per heavy atom. The van der Waals surface area contributed by atoms with Gasteiger partial charge in [0, 0.05) is 18.8 Å². The van der Waals surface area contributed by atoms with Crippen molar-refractivity contribution < 1.29 is 26.4 Å². The molecule has 0 saturated heterocycles. The van der Waals surface area contributed by atoms with Gasteiger partial charge in [0.05, 0.1) is 22.3 Å². The highest BCUT2D eigenvalue weighted by Gasteiger charge is 2.34. The van der Waals surface area contributed by atoms with Crippen LogP contribution in [0.4, 0.5) is 18.9 Å². The largest absolute Gasteiger partial charge is 0.418 e. The molecule has 0 atom stereocenters. The van der Waals surface area contributed by atoms with E-state index in [1.54, 1.807) is 13.8 Å². The summed E-state index contributed by atoms with van der Waals surface area (Å²) in [5, 5.41) is 9.78. The van der Waals surface area contributed by atoms with Gasteiger partial charge in [-0.25, -0.2) is 13.1 Å². The summed E-state index contributed by atoms with van der Waals surface area (Å²) in [6.45, 7) is 3.48. The van der Waals surface area contributed by atoms with Crippen molar-refractivity contribution in [3.05, 3.63) is 66.0 Å². The molecule has 8 nitrogen and oxygen atoms in total. The van der Waals surface area contributed by atoms with Crippen LogP contribution in [0.3, 0.4) is 0 Å². The van der Waals surface area contributed by atoms with Crippen LogP contribution in [-0.2, 0) is 16.2 Å². The Hall–Kier alpha value is -3.25. The second-order valence-electron chi connectivity index (χ2n) is 7.16. The first kappa shape index (κ1) is 23.4. The maximum absolute atomic E-state index is 13.2. The van der Waals surface area contributed by atoms with Crippen LogP contribution in [0.15, 0.2) is 59.6 Å². The molecule has 12 heteroatoms. The van der Waals surface area contributed by atoms with Crippen LogP contribution in [0.2, 0.25) is 0 Å². The molecule has 3 rings (SSSR count). The highest BCUT2D eigenvalue weighted by molar-refractivity contribution is 7.89. The number of aromatic nitrogens is 3. The normalized spacial score (nSPS) is 12.4. The molecule has 1 N–H and O–H groups in total. The van der Waals surface area contributed by atoms with Gasteiger partial charge in [-0.2, -0.15) is 17.5 Å². The standard InChI is InChI=1S/C20H20F3N5O3S/c1-13(2)27(3)32(30,31)15-10-8-14(9-11-15)24-19(29)17-12-28(26-25-17)18-7-5-4-6-16(18)20(21,22)23/h4-13H,1-3H3,(H,24,29). The Morgan fingerprint density at radius 2 is 1.72 bits per heavy atom. The fraction of sp³-hybridized carbons (Fsp3) is 0.250. The van der Waals surface area contributed by atoms with E-state index in [4.69, 9.17) is 0 Å². The summed E-state index contributed by atoms with van der Waals surface area (Å²) in [4.78, 5) is 12.5. The number of para-hydroxylation sites is 1. The number of alkyl halides is 3. The van der Waals surface area contributed by atoms with Crippen LogP contribution in [0.1, 0.15) is 29.9 Å². The molecule has 3 aromatic rings. The number of amides is 1. The van der Waals surface area contributed by atoms with Gasteiger partial charge in [0.25, 0.3) is 5.91 Å². The van der Waals surface area contributed by atoms with Crippen LogP contribution in [0, 0.1) is 0 Å². The first-order valence-corrected chi connectivity index (χ1v) is 10.8. The van der Waals surface area contributed by atoms with Crippen molar-refractivity contribution >= 4 is 21.6 Å². The van der Waals surface area contributed by atoms with E-state index in [0.29, 0.717) is 0 Å². The van der Waals surface area contributed by atoms with Crippen LogP contribution in [0.5, 0.6) is 0 Å². The van der Waals surface area contributed by atoms with Gasteiger partial charge < -0.3 is 5.32 Å². The van der Waals surface area contributed by atoms with E-state index >= 15 is 0 Å². The van der Waals surface area contributed by atoms with Gasteiger partial charge in [-0.05, 0) is 50.2 Å². The van der Waals surface area contributed by atoms with Gasteiger partial charge in [0.1, 0.15) is 0 Å². The molecule has 2 aromatic carbocycles. The molecular formula is C20H20F3N5O3S. The lowest BCUT2D eigenvalue weighted by Gasteiger charge is -2.21. The van der Waals surface area contributed by atoms with Gasteiger partial charge in [-0.15, -0.1) is 5.10 Å². The number of hydrogen-bond donors (Lipinski definition) is 1. The van der Waals surface area contributed by atoms with E-state index in [1.165, 1.54) is 53.8 Å². The number of nitrogens with zero attached hydrogens (tertiary/aromatic N) is 4. The third-order valence-corrected chi connectivity index (χ3v) is 6.75. The molecular weight excluding hydrogens is 447 g/mol. The summed E-state index contributed by atoms with van der Waals surface area (Å²) in [6, 6.07) is 10.1. The second-order valence-corrected chi connectivity index (χ2v) is 9.15. The zero-order chi connectivity index (χ0) is 23.7. The summed E-state index contributed by atoms with van der Waals surface area (Å²) in [5.41, 5.74) is -1.11. The quantitative estimate of drug-likeness (QED) is 0.598. The van der Waals surface area contributed by atoms with Crippen molar-refractivity contribution in [2.75, 3.05) is 12.4 Å². The van der Waals surface area contributed by atoms with Gasteiger partial charge in [-0.1, -0.05) is 17.3 Å². The smallest absolute Gasteiger partial charge is 0.321 e. The number of anilines is 1. The predicted molar refractivity (Wildman–Crippen MR) is 111 cm³/mol. The van der Waals surface area contributed by atoms with E-state index in [1.807, 2.05) is 0 Å². The minimum absolute atomic E-state index is 0.0569. The monoisotopic (exact) mass is 467 g/mol. The average Bonchev–Trinajstić information content (AvgIpc) is 3.23. The molecule has 0 fully saturated rings. The van der Waals surface area contributed by atoms with E-state index < -0.39 is 27.7 Å². The molecule has 1 heterocycles. The fourth-order valence-corrected chi connectivity index (χ4v) is 4.12. The third-order valence-electron chi connectivity index (χ3n) is 4.70.